The highest BCUT2D eigenvalue weighted by molar-refractivity contribution is 6.03. The van der Waals surface area contributed by atoms with Crippen molar-refractivity contribution in [3.8, 4) is 5.75 Å². The van der Waals surface area contributed by atoms with E-state index in [1.165, 1.54) is 0 Å². The van der Waals surface area contributed by atoms with Crippen molar-refractivity contribution in [1.82, 2.24) is 4.57 Å². The molecule has 0 atom stereocenters. The highest BCUT2D eigenvalue weighted by Crippen LogP contribution is 2.32. The Bertz CT molecular complexity index is 552. The van der Waals surface area contributed by atoms with Gasteiger partial charge < -0.3 is 9.67 Å². The molecule has 0 radical (unpaired) electrons. The van der Waals surface area contributed by atoms with Crippen molar-refractivity contribution >= 4 is 17.2 Å². The third kappa shape index (κ3) is 1.16. The van der Waals surface area contributed by atoms with Crippen LogP contribution in [0.1, 0.15) is 21.6 Å². The van der Waals surface area contributed by atoms with E-state index in [0.717, 1.165) is 28.4 Å². The second kappa shape index (κ2) is 3.12. The average molecular weight is 203 g/mol. The van der Waals surface area contributed by atoms with Crippen LogP contribution in [0.15, 0.2) is 12.1 Å². The quantitative estimate of drug-likeness (QED) is 0.723. The summed E-state index contributed by atoms with van der Waals surface area (Å²) in [5, 5.41) is 10.6. The van der Waals surface area contributed by atoms with E-state index < -0.39 is 0 Å². The number of aryl methyl sites for hydroxylation is 2. The first kappa shape index (κ1) is 9.77. The van der Waals surface area contributed by atoms with Gasteiger partial charge in [0.25, 0.3) is 0 Å². The minimum Gasteiger partial charge on any atom is -0.506 e. The molecule has 1 heterocycles. The number of aldehydes is 1. The molecule has 0 aliphatic rings. The van der Waals surface area contributed by atoms with E-state index in [2.05, 4.69) is 0 Å². The molecule has 0 amide bonds. The SMILES string of the molecule is Cc1ccc(O)c2c1c(C=O)c(C)n2C. The maximum absolute atomic E-state index is 11.0. The molecule has 0 saturated carbocycles. The normalized spacial score (nSPS) is 10.9. The molecule has 1 aromatic heterocycles. The first-order valence-corrected chi connectivity index (χ1v) is 4.80. The van der Waals surface area contributed by atoms with Gasteiger partial charge >= 0.3 is 0 Å². The predicted octanol–water partition coefficient (Wildman–Crippen LogP) is 2.31. The van der Waals surface area contributed by atoms with Crippen molar-refractivity contribution in [3.63, 3.8) is 0 Å². The molecule has 0 bridgehead atoms. The van der Waals surface area contributed by atoms with Crippen molar-refractivity contribution in [3.05, 3.63) is 29.0 Å². The second-order valence-corrected chi connectivity index (χ2v) is 3.80. The Kier molecular flexibility index (Phi) is 2.03. The zero-order valence-corrected chi connectivity index (χ0v) is 9.03. The minimum absolute atomic E-state index is 0.217. The van der Waals surface area contributed by atoms with Gasteiger partial charge in [-0.15, -0.1) is 0 Å². The third-order valence-corrected chi connectivity index (χ3v) is 2.98. The molecule has 3 heteroatoms. The summed E-state index contributed by atoms with van der Waals surface area (Å²) in [5.74, 6) is 0.217. The van der Waals surface area contributed by atoms with Gasteiger partial charge in [-0.25, -0.2) is 0 Å². The van der Waals surface area contributed by atoms with Gasteiger partial charge in [0.05, 0.1) is 5.52 Å². The zero-order chi connectivity index (χ0) is 11.2. The van der Waals surface area contributed by atoms with Crippen LogP contribution in [-0.2, 0) is 7.05 Å². The first-order chi connectivity index (χ1) is 7.07. The van der Waals surface area contributed by atoms with Crippen LogP contribution in [0.4, 0.5) is 0 Å². The molecule has 0 aliphatic heterocycles. The topological polar surface area (TPSA) is 42.2 Å². The molecule has 3 nitrogen and oxygen atoms in total. The van der Waals surface area contributed by atoms with E-state index in [9.17, 15) is 9.90 Å². The standard InChI is InChI=1S/C12H13NO2/c1-7-4-5-10(15)12-11(7)9(6-14)8(2)13(12)3/h4-6,15H,1-3H3. The number of carbonyl (C=O) groups excluding carboxylic acids is 1. The summed E-state index contributed by atoms with van der Waals surface area (Å²) >= 11 is 0. The molecule has 2 rings (SSSR count). The Morgan fingerprint density at radius 3 is 2.60 bits per heavy atom. The Morgan fingerprint density at radius 1 is 1.33 bits per heavy atom. The molecule has 0 unspecified atom stereocenters. The molecule has 0 saturated heterocycles. The maximum Gasteiger partial charge on any atom is 0.152 e. The van der Waals surface area contributed by atoms with Gasteiger partial charge in [-0.3, -0.25) is 4.79 Å². The molecule has 78 valence electrons. The number of hydrogen-bond donors (Lipinski definition) is 1. The average Bonchev–Trinajstić information content (AvgIpc) is 2.47. The summed E-state index contributed by atoms with van der Waals surface area (Å²) in [7, 11) is 1.85. The van der Waals surface area contributed by atoms with E-state index in [0.29, 0.717) is 5.56 Å². The summed E-state index contributed by atoms with van der Waals surface area (Å²) < 4.78 is 1.85. The molecular formula is C12H13NO2. The summed E-state index contributed by atoms with van der Waals surface area (Å²) in [5.41, 5.74) is 3.29. The highest BCUT2D eigenvalue weighted by atomic mass is 16.3. The van der Waals surface area contributed by atoms with Crippen molar-refractivity contribution in [2.45, 2.75) is 13.8 Å². The van der Waals surface area contributed by atoms with Crippen LogP contribution in [0, 0.1) is 13.8 Å². The third-order valence-electron chi connectivity index (χ3n) is 2.98. The number of hydrogen-bond acceptors (Lipinski definition) is 2. The van der Waals surface area contributed by atoms with Gasteiger partial charge in [-0.05, 0) is 25.5 Å². The summed E-state index contributed by atoms with van der Waals surface area (Å²) in [6.07, 6.45) is 0.851. The lowest BCUT2D eigenvalue weighted by molar-refractivity contribution is 0.112. The fourth-order valence-corrected chi connectivity index (χ4v) is 2.03. The molecule has 0 aliphatic carbocycles. The van der Waals surface area contributed by atoms with Gasteiger partial charge in [0, 0.05) is 23.7 Å². The number of rotatable bonds is 1. The lowest BCUT2D eigenvalue weighted by Crippen LogP contribution is -1.91. The Hall–Kier alpha value is -1.77. The number of phenols is 1. The number of carbonyl (C=O) groups is 1. The molecular weight excluding hydrogens is 190 g/mol. The lowest BCUT2D eigenvalue weighted by atomic mass is 10.1. The van der Waals surface area contributed by atoms with Crippen LogP contribution in [0.25, 0.3) is 10.9 Å². The number of benzene rings is 1. The van der Waals surface area contributed by atoms with Crippen LogP contribution in [0.2, 0.25) is 0 Å². The molecule has 0 spiro atoms. The maximum atomic E-state index is 11.0. The number of aromatic nitrogens is 1. The van der Waals surface area contributed by atoms with E-state index in [-0.39, 0.29) is 5.75 Å². The van der Waals surface area contributed by atoms with Gasteiger partial charge in [0.15, 0.2) is 6.29 Å². The van der Waals surface area contributed by atoms with E-state index in [1.807, 2.05) is 31.5 Å². The molecule has 1 N–H and O–H groups in total. The van der Waals surface area contributed by atoms with Crippen molar-refractivity contribution in [1.29, 1.82) is 0 Å². The smallest absolute Gasteiger partial charge is 0.152 e. The molecule has 2 aromatic rings. The fourth-order valence-electron chi connectivity index (χ4n) is 2.03. The van der Waals surface area contributed by atoms with Crippen LogP contribution in [0.3, 0.4) is 0 Å². The number of fused-ring (bicyclic) bond motifs is 1. The fraction of sp³-hybridized carbons (Fsp3) is 0.250. The van der Waals surface area contributed by atoms with Crippen molar-refractivity contribution in [2.24, 2.45) is 7.05 Å². The summed E-state index contributed by atoms with van der Waals surface area (Å²) in [6.45, 7) is 3.82. The largest absolute Gasteiger partial charge is 0.506 e. The van der Waals surface area contributed by atoms with Gasteiger partial charge in [0.1, 0.15) is 5.75 Å². The first-order valence-electron chi connectivity index (χ1n) is 4.80. The monoisotopic (exact) mass is 203 g/mol. The van der Waals surface area contributed by atoms with Crippen molar-refractivity contribution < 1.29 is 9.90 Å². The Labute approximate surface area is 87.9 Å². The second-order valence-electron chi connectivity index (χ2n) is 3.80. The molecule has 1 aromatic carbocycles. The predicted molar refractivity (Wildman–Crippen MR) is 59.4 cm³/mol. The Morgan fingerprint density at radius 2 is 2.00 bits per heavy atom. The lowest BCUT2D eigenvalue weighted by Gasteiger charge is -2.02. The van der Waals surface area contributed by atoms with Gasteiger partial charge in [-0.2, -0.15) is 0 Å². The molecule has 0 fully saturated rings. The van der Waals surface area contributed by atoms with Crippen LogP contribution < -0.4 is 0 Å². The van der Waals surface area contributed by atoms with Gasteiger partial charge in [0.2, 0.25) is 0 Å². The Balaban J connectivity index is 3.09. The minimum atomic E-state index is 0.217. The summed E-state index contributed by atoms with van der Waals surface area (Å²) in [6, 6.07) is 3.48. The van der Waals surface area contributed by atoms with E-state index >= 15 is 0 Å². The molecule has 15 heavy (non-hydrogen) atoms. The summed E-state index contributed by atoms with van der Waals surface area (Å²) in [4.78, 5) is 11.0. The van der Waals surface area contributed by atoms with Crippen molar-refractivity contribution in [2.75, 3.05) is 0 Å². The highest BCUT2D eigenvalue weighted by Gasteiger charge is 2.15. The van der Waals surface area contributed by atoms with Gasteiger partial charge in [-0.1, -0.05) is 6.07 Å². The van der Waals surface area contributed by atoms with E-state index in [1.54, 1.807) is 6.07 Å². The number of nitrogens with zero attached hydrogens (tertiary/aromatic N) is 1. The van der Waals surface area contributed by atoms with Crippen LogP contribution >= 0.6 is 0 Å². The van der Waals surface area contributed by atoms with Crippen LogP contribution in [-0.4, -0.2) is 16.0 Å². The van der Waals surface area contributed by atoms with Crippen LogP contribution in [0.5, 0.6) is 5.75 Å². The zero-order valence-electron chi connectivity index (χ0n) is 9.03. The van der Waals surface area contributed by atoms with E-state index in [4.69, 9.17) is 0 Å². The number of aromatic hydroxyl groups is 1. The number of phenolic OH excluding ortho intramolecular Hbond substituents is 1.